The van der Waals surface area contributed by atoms with E-state index in [2.05, 4.69) is 9.97 Å². The highest BCUT2D eigenvalue weighted by molar-refractivity contribution is 6.11. The molecule has 4 N–H and O–H groups in total. The highest BCUT2D eigenvalue weighted by atomic mass is 16.5. The van der Waals surface area contributed by atoms with Crippen LogP contribution < -0.4 is 18.9 Å². The minimum atomic E-state index is -1.71. The Morgan fingerprint density at radius 1 is 0.611 bits per heavy atom. The van der Waals surface area contributed by atoms with E-state index >= 15 is 0 Å². The lowest BCUT2D eigenvalue weighted by molar-refractivity contribution is -0.149. The SMILES string of the molecule is COc1ccc(OC)c2c(C3C(=O)C(O)C(c4c[nH]c5c(OC)ccc(OC)c45)C(=O)C3O)c[nH]c12. The molecule has 4 atom stereocenters. The predicted molar refractivity (Wildman–Crippen MR) is 130 cm³/mol. The summed E-state index contributed by atoms with van der Waals surface area (Å²) >= 11 is 0. The van der Waals surface area contributed by atoms with E-state index in [-0.39, 0.29) is 0 Å². The average Bonchev–Trinajstić information content (AvgIpc) is 3.53. The van der Waals surface area contributed by atoms with Crippen molar-refractivity contribution in [3.05, 3.63) is 47.8 Å². The highest BCUT2D eigenvalue weighted by Crippen LogP contribution is 2.46. The van der Waals surface area contributed by atoms with Crippen LogP contribution in [0.1, 0.15) is 23.0 Å². The van der Waals surface area contributed by atoms with Crippen LogP contribution in [0.25, 0.3) is 21.8 Å². The molecule has 2 heterocycles. The van der Waals surface area contributed by atoms with Crippen molar-refractivity contribution in [3.8, 4) is 23.0 Å². The minimum Gasteiger partial charge on any atom is -0.496 e. The van der Waals surface area contributed by atoms with E-state index in [1.807, 2.05) is 0 Å². The zero-order valence-corrected chi connectivity index (χ0v) is 20.1. The van der Waals surface area contributed by atoms with Crippen molar-refractivity contribution in [1.82, 2.24) is 9.97 Å². The fraction of sp³-hybridized carbons (Fsp3) is 0.308. The second kappa shape index (κ2) is 8.89. The number of methoxy groups -OCH3 is 4. The van der Waals surface area contributed by atoms with Gasteiger partial charge in [0.15, 0.2) is 11.6 Å². The maximum Gasteiger partial charge on any atom is 0.172 e. The molecular weight excluding hydrogens is 468 g/mol. The lowest BCUT2D eigenvalue weighted by atomic mass is 9.70. The molecule has 0 spiro atoms. The number of ether oxygens (including phenoxy) is 4. The molecule has 36 heavy (non-hydrogen) atoms. The molecular formula is C26H26N2O8. The van der Waals surface area contributed by atoms with E-state index in [0.717, 1.165) is 0 Å². The van der Waals surface area contributed by atoms with Crippen molar-refractivity contribution in [2.75, 3.05) is 28.4 Å². The summed E-state index contributed by atoms with van der Waals surface area (Å²) in [6, 6.07) is 6.75. The normalized spacial score (nSPS) is 22.3. The largest absolute Gasteiger partial charge is 0.496 e. The van der Waals surface area contributed by atoms with Gasteiger partial charge in [0.25, 0.3) is 0 Å². The monoisotopic (exact) mass is 494 g/mol. The van der Waals surface area contributed by atoms with E-state index in [1.54, 1.807) is 24.3 Å². The summed E-state index contributed by atoms with van der Waals surface area (Å²) in [6.07, 6.45) is -0.354. The number of Topliss-reactive ketones (excluding diaryl/α,β-unsaturated/α-hetero) is 2. The maximum atomic E-state index is 13.6. The number of aromatic amines is 2. The Morgan fingerprint density at radius 3 is 1.28 bits per heavy atom. The quantitative estimate of drug-likeness (QED) is 0.320. The van der Waals surface area contributed by atoms with Gasteiger partial charge in [0.1, 0.15) is 35.2 Å². The van der Waals surface area contributed by atoms with Gasteiger partial charge in [-0.2, -0.15) is 0 Å². The van der Waals surface area contributed by atoms with Gasteiger partial charge >= 0.3 is 0 Å². The van der Waals surface area contributed by atoms with Gasteiger partial charge in [-0.1, -0.05) is 0 Å². The fourth-order valence-electron chi connectivity index (χ4n) is 5.26. The molecule has 2 aromatic carbocycles. The number of carbonyl (C=O) groups excluding carboxylic acids is 2. The summed E-state index contributed by atoms with van der Waals surface area (Å²) in [4.78, 5) is 33.3. The van der Waals surface area contributed by atoms with E-state index in [0.29, 0.717) is 55.9 Å². The summed E-state index contributed by atoms with van der Waals surface area (Å²) in [5.74, 6) is -2.12. The molecule has 1 aliphatic rings. The molecule has 0 bridgehead atoms. The molecule has 188 valence electrons. The lowest BCUT2D eigenvalue weighted by Crippen LogP contribution is -2.51. The Kier molecular flexibility index (Phi) is 5.85. The van der Waals surface area contributed by atoms with Crippen molar-refractivity contribution in [2.45, 2.75) is 24.0 Å². The number of carbonyl (C=O) groups is 2. The second-order valence-electron chi connectivity index (χ2n) is 8.58. The first-order valence-corrected chi connectivity index (χ1v) is 11.2. The fourth-order valence-corrected chi connectivity index (χ4v) is 5.26. The summed E-state index contributed by atoms with van der Waals surface area (Å²) in [6.45, 7) is 0. The third-order valence-electron chi connectivity index (χ3n) is 6.96. The molecule has 1 aliphatic carbocycles. The van der Waals surface area contributed by atoms with Gasteiger partial charge in [-0.05, 0) is 35.4 Å². The second-order valence-corrected chi connectivity index (χ2v) is 8.58. The first kappa shape index (κ1) is 23.7. The Balaban J connectivity index is 1.63. The van der Waals surface area contributed by atoms with Crippen molar-refractivity contribution >= 4 is 33.4 Å². The van der Waals surface area contributed by atoms with Gasteiger partial charge in [0, 0.05) is 23.2 Å². The molecule has 10 nitrogen and oxygen atoms in total. The molecule has 1 fully saturated rings. The smallest absolute Gasteiger partial charge is 0.172 e. The molecule has 0 amide bonds. The van der Waals surface area contributed by atoms with Crippen molar-refractivity contribution < 1.29 is 38.7 Å². The Labute approximate surface area is 205 Å². The van der Waals surface area contributed by atoms with Crippen LogP contribution in [0.3, 0.4) is 0 Å². The number of hydrogen-bond donors (Lipinski definition) is 4. The van der Waals surface area contributed by atoms with Crippen LogP contribution in [0, 0.1) is 0 Å². The number of aromatic nitrogens is 2. The lowest BCUT2D eigenvalue weighted by Gasteiger charge is -2.34. The van der Waals surface area contributed by atoms with E-state index in [4.69, 9.17) is 18.9 Å². The van der Waals surface area contributed by atoms with Gasteiger partial charge in [-0.3, -0.25) is 9.59 Å². The van der Waals surface area contributed by atoms with Crippen LogP contribution >= 0.6 is 0 Å². The van der Waals surface area contributed by atoms with Crippen molar-refractivity contribution in [3.63, 3.8) is 0 Å². The Bertz CT molecular complexity index is 1370. The van der Waals surface area contributed by atoms with Gasteiger partial charge in [0.05, 0.1) is 51.3 Å². The maximum absolute atomic E-state index is 13.6. The number of rotatable bonds is 6. The van der Waals surface area contributed by atoms with E-state index in [9.17, 15) is 19.8 Å². The van der Waals surface area contributed by atoms with Gasteiger partial charge < -0.3 is 39.1 Å². The third-order valence-corrected chi connectivity index (χ3v) is 6.96. The first-order valence-electron chi connectivity index (χ1n) is 11.2. The summed E-state index contributed by atoms with van der Waals surface area (Å²) in [5, 5.41) is 23.3. The van der Waals surface area contributed by atoms with Crippen LogP contribution in [0.4, 0.5) is 0 Å². The Hall–Kier alpha value is -4.02. The number of ketones is 2. The highest BCUT2D eigenvalue weighted by Gasteiger charge is 2.51. The van der Waals surface area contributed by atoms with Gasteiger partial charge in [-0.15, -0.1) is 0 Å². The van der Waals surface area contributed by atoms with E-state index in [1.165, 1.54) is 40.8 Å². The molecule has 4 unspecified atom stereocenters. The molecule has 10 heteroatoms. The number of benzene rings is 2. The number of aliphatic hydroxyl groups is 2. The predicted octanol–water partition coefficient (Wildman–Crippen LogP) is 2.42. The van der Waals surface area contributed by atoms with E-state index < -0.39 is 35.6 Å². The van der Waals surface area contributed by atoms with Crippen LogP contribution in [-0.4, -0.2) is 72.4 Å². The van der Waals surface area contributed by atoms with Crippen molar-refractivity contribution in [1.29, 1.82) is 0 Å². The molecule has 0 saturated heterocycles. The van der Waals surface area contributed by atoms with Crippen LogP contribution in [0.15, 0.2) is 36.7 Å². The third kappa shape index (κ3) is 3.25. The van der Waals surface area contributed by atoms with Crippen LogP contribution in [-0.2, 0) is 9.59 Å². The Morgan fingerprint density at radius 2 is 0.944 bits per heavy atom. The number of fused-ring (bicyclic) bond motifs is 2. The molecule has 5 rings (SSSR count). The summed E-state index contributed by atoms with van der Waals surface area (Å²) in [7, 11) is 5.97. The zero-order valence-electron chi connectivity index (χ0n) is 20.1. The topological polar surface area (TPSA) is 143 Å². The summed E-state index contributed by atoms with van der Waals surface area (Å²) < 4.78 is 21.7. The summed E-state index contributed by atoms with van der Waals surface area (Å²) in [5.41, 5.74) is 1.76. The molecule has 1 saturated carbocycles. The average molecular weight is 495 g/mol. The first-order chi connectivity index (χ1) is 17.4. The number of nitrogens with one attached hydrogen (secondary N) is 2. The van der Waals surface area contributed by atoms with Crippen LogP contribution in [0.2, 0.25) is 0 Å². The number of hydrogen-bond acceptors (Lipinski definition) is 8. The number of aliphatic hydroxyl groups excluding tert-OH is 2. The molecule has 0 aliphatic heterocycles. The molecule has 4 aromatic rings. The zero-order chi connectivity index (χ0) is 25.7. The van der Waals surface area contributed by atoms with Crippen molar-refractivity contribution in [2.24, 2.45) is 0 Å². The van der Waals surface area contributed by atoms with Gasteiger partial charge in [-0.25, -0.2) is 0 Å². The van der Waals surface area contributed by atoms with Crippen LogP contribution in [0.5, 0.6) is 23.0 Å². The standard InChI is InChI=1S/C26H26N2O8/c1-33-13-5-7-15(35-3)21-17(13)11(9-27-21)19-23(29)25(31)20(26(32)24(19)30)12-10-28-22-16(36-4)8-6-14(34-2)18(12)22/h5-10,19-20,23,26-29,32H,1-4H3. The van der Waals surface area contributed by atoms with Gasteiger partial charge in [0.2, 0.25) is 0 Å². The molecule has 0 radical (unpaired) electrons. The molecule has 2 aromatic heterocycles. The minimum absolute atomic E-state index is 0.335. The number of H-pyrrole nitrogens is 2.